The van der Waals surface area contributed by atoms with Gasteiger partial charge in [-0.25, -0.2) is 15.0 Å². The van der Waals surface area contributed by atoms with E-state index in [0.717, 1.165) is 72.0 Å². The van der Waals surface area contributed by atoms with Crippen molar-refractivity contribution in [1.82, 2.24) is 15.0 Å². The molecule has 3 heterocycles. The van der Waals surface area contributed by atoms with Gasteiger partial charge in [0.1, 0.15) is 23.5 Å². The first kappa shape index (κ1) is 27.0. The fourth-order valence-electron chi connectivity index (χ4n) is 6.98. The van der Waals surface area contributed by atoms with E-state index >= 15 is 0 Å². The normalized spacial score (nSPS) is 13.6. The summed E-state index contributed by atoms with van der Waals surface area (Å²) in [7, 11) is 0. The molecule has 51 heavy (non-hydrogen) atoms. The second-order valence-corrected chi connectivity index (χ2v) is 12.5. The molecular weight excluding hydrogens is 627 g/mol. The lowest BCUT2D eigenvalue weighted by Gasteiger charge is -2.23. The fourth-order valence-corrected chi connectivity index (χ4v) is 6.98. The number of aromatic nitrogens is 3. The number of fused-ring (bicyclic) bond motifs is 6. The van der Waals surface area contributed by atoms with Crippen molar-refractivity contribution in [3.63, 3.8) is 0 Å². The predicted octanol–water partition coefficient (Wildman–Crippen LogP) is 11.7. The van der Waals surface area contributed by atoms with Gasteiger partial charge in [-0.15, -0.1) is 0 Å². The van der Waals surface area contributed by atoms with Crippen LogP contribution >= 0.6 is 0 Å². The molecule has 0 spiro atoms. The van der Waals surface area contributed by atoms with Gasteiger partial charge >= 0.3 is 0 Å². The summed E-state index contributed by atoms with van der Waals surface area (Å²) in [5.41, 5.74) is 10.3. The Morgan fingerprint density at radius 3 is 1.98 bits per heavy atom. The average molecular weight is 658 g/mol. The molecule has 0 saturated carbocycles. The van der Waals surface area contributed by atoms with Gasteiger partial charge in [-0.05, 0) is 57.6 Å². The van der Waals surface area contributed by atoms with Gasteiger partial charge in [0.15, 0.2) is 17.5 Å². The van der Waals surface area contributed by atoms with Crippen LogP contribution in [-0.2, 0) is 6.56 Å². The molecule has 0 radical (unpaired) electrons. The summed E-state index contributed by atoms with van der Waals surface area (Å²) in [4.78, 5) is 15.2. The molecular formula is C46H29N3O2. The Hall–Kier alpha value is -6.85. The number of benzene rings is 7. The molecule has 0 amide bonds. The summed E-state index contributed by atoms with van der Waals surface area (Å²) >= 11 is 0. The monoisotopic (exact) mass is 657 g/mol. The first-order valence-corrected chi connectivity index (χ1v) is 16.9. The van der Waals surface area contributed by atoms with Crippen LogP contribution < -0.4 is 4.74 Å². The van der Waals surface area contributed by atoms with E-state index in [-0.39, 0.29) is 0 Å². The smallest absolute Gasteiger partial charge is 0.167 e. The van der Waals surface area contributed by atoms with E-state index in [0.29, 0.717) is 28.8 Å². The highest BCUT2D eigenvalue weighted by molar-refractivity contribution is 6.09. The third-order valence-corrected chi connectivity index (χ3v) is 9.46. The van der Waals surface area contributed by atoms with E-state index in [9.17, 15) is 0 Å². The molecule has 0 atom stereocenters. The molecule has 5 nitrogen and oxygen atoms in total. The number of hydrogen-bond acceptors (Lipinski definition) is 5. The van der Waals surface area contributed by atoms with Crippen molar-refractivity contribution < 1.29 is 11.9 Å². The van der Waals surface area contributed by atoms with E-state index in [1.165, 1.54) is 0 Å². The standard InChI is InChI=1S/C46H29N3O2/c1-2-11-29(12-3-1)32-14-8-15-33(27-32)45-47-44(48-46(49-45)39-20-9-19-38-37-17-6-7-21-40(37)51-43(38)39)31-25-23-30(24-26-31)35-18-10-22-41-42(35)36-16-5-4-13-34(36)28-50-41/h1-27H,28H2/i28D2. The molecule has 2 aromatic heterocycles. The minimum atomic E-state index is -1.92. The van der Waals surface area contributed by atoms with Crippen LogP contribution in [0.1, 0.15) is 8.30 Å². The lowest BCUT2D eigenvalue weighted by atomic mass is 9.89. The molecule has 10 rings (SSSR count). The SMILES string of the molecule is [2H]C1([2H])Oc2cccc(-c3ccc(-c4nc(-c5cccc(-c6ccccc6)c5)nc(-c5cccc6c5oc5ccccc56)n4)cc3)c2-c2ccccc21. The molecule has 0 aliphatic carbocycles. The fraction of sp³-hybridized carbons (Fsp3) is 0.0217. The molecule has 0 bridgehead atoms. The zero-order valence-electron chi connectivity index (χ0n) is 29.2. The van der Waals surface area contributed by atoms with Crippen molar-refractivity contribution in [2.24, 2.45) is 0 Å². The van der Waals surface area contributed by atoms with Gasteiger partial charge in [-0.2, -0.15) is 0 Å². The highest BCUT2D eigenvalue weighted by atomic mass is 16.5. The van der Waals surface area contributed by atoms with E-state index in [4.69, 9.17) is 26.8 Å². The lowest BCUT2D eigenvalue weighted by molar-refractivity contribution is 0.302. The molecule has 0 saturated heterocycles. The van der Waals surface area contributed by atoms with Crippen LogP contribution in [0.2, 0.25) is 0 Å². The van der Waals surface area contributed by atoms with E-state index in [2.05, 4.69) is 48.5 Å². The maximum Gasteiger partial charge on any atom is 0.167 e. The van der Waals surface area contributed by atoms with Crippen LogP contribution in [-0.4, -0.2) is 15.0 Å². The minimum absolute atomic E-state index is 0.512. The second kappa shape index (κ2) is 11.9. The van der Waals surface area contributed by atoms with Gasteiger partial charge in [-0.1, -0.05) is 140 Å². The molecule has 7 aromatic carbocycles. The van der Waals surface area contributed by atoms with E-state index in [1.54, 1.807) is 6.07 Å². The van der Waals surface area contributed by atoms with Crippen LogP contribution in [0.3, 0.4) is 0 Å². The molecule has 0 N–H and O–H groups in total. The maximum atomic E-state index is 8.54. The van der Waals surface area contributed by atoms with Crippen LogP contribution in [0.15, 0.2) is 168 Å². The van der Waals surface area contributed by atoms with Gasteiger partial charge < -0.3 is 9.15 Å². The summed E-state index contributed by atoms with van der Waals surface area (Å²) < 4.78 is 29.4. The third-order valence-electron chi connectivity index (χ3n) is 9.46. The van der Waals surface area contributed by atoms with Crippen molar-refractivity contribution in [1.29, 1.82) is 0 Å². The minimum Gasteiger partial charge on any atom is -0.488 e. The second-order valence-electron chi connectivity index (χ2n) is 12.5. The molecule has 5 heteroatoms. The first-order chi connectivity index (χ1) is 26.0. The number of rotatable bonds is 5. The molecule has 0 unspecified atom stereocenters. The molecule has 1 aliphatic heterocycles. The third kappa shape index (κ3) is 5.06. The van der Waals surface area contributed by atoms with Crippen LogP contribution in [0, 0.1) is 0 Å². The largest absolute Gasteiger partial charge is 0.488 e. The molecule has 0 fully saturated rings. The van der Waals surface area contributed by atoms with Crippen molar-refractivity contribution in [2.45, 2.75) is 6.56 Å². The Bertz CT molecular complexity index is 2850. The highest BCUT2D eigenvalue weighted by Crippen LogP contribution is 2.44. The van der Waals surface area contributed by atoms with Crippen LogP contribution in [0.5, 0.6) is 5.75 Å². The Kier molecular flexibility index (Phi) is 6.32. The summed E-state index contributed by atoms with van der Waals surface area (Å²) in [5.74, 6) is 2.12. The number of nitrogens with zero attached hydrogens (tertiary/aromatic N) is 3. The molecule has 240 valence electrons. The number of furan rings is 1. The lowest BCUT2D eigenvalue weighted by Crippen LogP contribution is -2.06. The average Bonchev–Trinajstić information content (AvgIpc) is 3.60. The van der Waals surface area contributed by atoms with Crippen LogP contribution in [0.25, 0.3) is 89.5 Å². The zero-order valence-corrected chi connectivity index (χ0v) is 27.2. The van der Waals surface area contributed by atoms with Crippen molar-refractivity contribution in [3.8, 4) is 73.3 Å². The summed E-state index contributed by atoms with van der Waals surface area (Å²) in [6.07, 6.45) is 0. The van der Waals surface area contributed by atoms with Gasteiger partial charge in [0.25, 0.3) is 0 Å². The van der Waals surface area contributed by atoms with Crippen molar-refractivity contribution in [3.05, 3.63) is 169 Å². The van der Waals surface area contributed by atoms with Gasteiger partial charge in [0.05, 0.1) is 8.30 Å². The molecule has 9 aromatic rings. The predicted molar refractivity (Wildman–Crippen MR) is 204 cm³/mol. The Morgan fingerprint density at radius 2 is 1.08 bits per heavy atom. The maximum absolute atomic E-state index is 8.54. The van der Waals surface area contributed by atoms with Gasteiger partial charge in [0, 0.05) is 27.5 Å². The van der Waals surface area contributed by atoms with Gasteiger partial charge in [0.2, 0.25) is 0 Å². The number of para-hydroxylation sites is 2. The number of ether oxygens (including phenoxy) is 1. The number of hydrogen-bond donors (Lipinski definition) is 0. The topological polar surface area (TPSA) is 61.0 Å². The summed E-state index contributed by atoms with van der Waals surface area (Å²) in [5, 5.41) is 2.04. The van der Waals surface area contributed by atoms with Crippen molar-refractivity contribution in [2.75, 3.05) is 0 Å². The van der Waals surface area contributed by atoms with Gasteiger partial charge in [-0.3, -0.25) is 0 Å². The Labute approximate surface area is 297 Å². The zero-order chi connectivity index (χ0) is 35.5. The van der Waals surface area contributed by atoms with E-state index < -0.39 is 6.56 Å². The summed E-state index contributed by atoms with van der Waals surface area (Å²) in [6, 6.07) is 54.1. The summed E-state index contributed by atoms with van der Waals surface area (Å²) in [6.45, 7) is -1.92. The van der Waals surface area contributed by atoms with Crippen molar-refractivity contribution >= 4 is 21.9 Å². The highest BCUT2D eigenvalue weighted by Gasteiger charge is 2.22. The van der Waals surface area contributed by atoms with E-state index in [1.807, 2.05) is 109 Å². The van der Waals surface area contributed by atoms with Crippen LogP contribution in [0.4, 0.5) is 0 Å². The first-order valence-electron chi connectivity index (χ1n) is 17.9. The Morgan fingerprint density at radius 1 is 0.451 bits per heavy atom. The quantitative estimate of drug-likeness (QED) is 0.184. The molecule has 1 aliphatic rings. The Balaban J connectivity index is 1.12.